The van der Waals surface area contributed by atoms with Gasteiger partial charge in [0.1, 0.15) is 6.04 Å². The quantitative estimate of drug-likeness (QED) is 0.641. The molecule has 0 radical (unpaired) electrons. The van der Waals surface area contributed by atoms with Crippen molar-refractivity contribution in [1.82, 2.24) is 5.32 Å². The minimum absolute atomic E-state index is 0.0932. The number of urea groups is 1. The van der Waals surface area contributed by atoms with Crippen LogP contribution in [0.2, 0.25) is 0 Å². The highest BCUT2D eigenvalue weighted by Crippen LogP contribution is 2.28. The van der Waals surface area contributed by atoms with E-state index in [-0.39, 0.29) is 11.9 Å². The second-order valence-corrected chi connectivity index (χ2v) is 8.09. The van der Waals surface area contributed by atoms with Crippen LogP contribution in [0.4, 0.5) is 16.2 Å². The van der Waals surface area contributed by atoms with Crippen molar-refractivity contribution < 1.29 is 9.59 Å². The summed E-state index contributed by atoms with van der Waals surface area (Å²) < 4.78 is 0. The van der Waals surface area contributed by atoms with Gasteiger partial charge in [-0.1, -0.05) is 54.6 Å². The van der Waals surface area contributed by atoms with Crippen LogP contribution >= 0.6 is 0 Å². The first-order chi connectivity index (χ1) is 15.0. The lowest BCUT2D eigenvalue weighted by Crippen LogP contribution is -2.50. The third-order valence-electron chi connectivity index (χ3n) is 5.52. The standard InChI is InChI=1S/C26H27N3O2/c1-18-14-19(2)16-22(15-18)27-26(31)28-23(17-20-8-4-3-5-9-20)25(30)29-13-12-21-10-6-7-11-24(21)29/h3-11,14-16,23H,12-13,17H2,1-2H3,(H2,27,28,31)/t23-/m0/s1. The molecule has 4 rings (SSSR count). The van der Waals surface area contributed by atoms with Gasteiger partial charge >= 0.3 is 6.03 Å². The fourth-order valence-electron chi connectivity index (χ4n) is 4.18. The maximum Gasteiger partial charge on any atom is 0.319 e. The molecule has 5 nitrogen and oxygen atoms in total. The van der Waals surface area contributed by atoms with Crippen LogP contribution in [0.5, 0.6) is 0 Å². The number of anilines is 2. The van der Waals surface area contributed by atoms with Crippen LogP contribution in [-0.4, -0.2) is 24.5 Å². The number of nitrogens with one attached hydrogen (secondary N) is 2. The number of benzene rings is 3. The summed E-state index contributed by atoms with van der Waals surface area (Å²) in [5.41, 5.74) is 5.95. The average molecular weight is 414 g/mol. The summed E-state index contributed by atoms with van der Waals surface area (Å²) in [6, 6.07) is 22.6. The van der Waals surface area contributed by atoms with E-state index >= 15 is 0 Å². The van der Waals surface area contributed by atoms with Crippen molar-refractivity contribution in [2.24, 2.45) is 0 Å². The largest absolute Gasteiger partial charge is 0.326 e. The molecule has 0 aromatic heterocycles. The Morgan fingerprint density at radius 3 is 2.35 bits per heavy atom. The number of fused-ring (bicyclic) bond motifs is 1. The van der Waals surface area contributed by atoms with E-state index in [1.54, 1.807) is 4.90 Å². The van der Waals surface area contributed by atoms with Crippen LogP contribution in [0.15, 0.2) is 72.8 Å². The van der Waals surface area contributed by atoms with Gasteiger partial charge in [0.25, 0.3) is 0 Å². The maximum absolute atomic E-state index is 13.5. The van der Waals surface area contributed by atoms with Crippen LogP contribution in [0.25, 0.3) is 0 Å². The summed E-state index contributed by atoms with van der Waals surface area (Å²) in [6.45, 7) is 4.61. The van der Waals surface area contributed by atoms with Crippen molar-refractivity contribution in [3.63, 3.8) is 0 Å². The predicted octanol–water partition coefficient (Wildman–Crippen LogP) is 4.63. The molecule has 0 aliphatic carbocycles. The van der Waals surface area contributed by atoms with Crippen LogP contribution in [0, 0.1) is 13.8 Å². The molecule has 0 spiro atoms. The van der Waals surface area contributed by atoms with Crippen LogP contribution in [0.1, 0.15) is 22.3 Å². The molecule has 2 N–H and O–H groups in total. The normalized spacial score (nSPS) is 13.4. The fourth-order valence-corrected chi connectivity index (χ4v) is 4.18. The Morgan fingerprint density at radius 1 is 0.935 bits per heavy atom. The monoisotopic (exact) mass is 413 g/mol. The highest BCUT2D eigenvalue weighted by atomic mass is 16.2. The Morgan fingerprint density at radius 2 is 1.61 bits per heavy atom. The third-order valence-corrected chi connectivity index (χ3v) is 5.52. The Bertz CT molecular complexity index is 1070. The number of amides is 3. The minimum Gasteiger partial charge on any atom is -0.326 e. The molecule has 0 saturated carbocycles. The third kappa shape index (κ3) is 4.94. The number of carbonyl (C=O) groups excluding carboxylic acids is 2. The van der Waals surface area contributed by atoms with Gasteiger partial charge in [-0.3, -0.25) is 4.79 Å². The topological polar surface area (TPSA) is 61.4 Å². The van der Waals surface area contributed by atoms with E-state index in [1.165, 1.54) is 0 Å². The second-order valence-electron chi connectivity index (χ2n) is 8.09. The van der Waals surface area contributed by atoms with Gasteiger partial charge < -0.3 is 15.5 Å². The van der Waals surface area contributed by atoms with E-state index in [4.69, 9.17) is 0 Å². The summed E-state index contributed by atoms with van der Waals surface area (Å²) in [7, 11) is 0. The van der Waals surface area contributed by atoms with Crippen molar-refractivity contribution in [2.45, 2.75) is 32.7 Å². The molecule has 1 aliphatic rings. The Labute approximate surface area is 183 Å². The molecule has 3 aromatic carbocycles. The summed E-state index contributed by atoms with van der Waals surface area (Å²) in [4.78, 5) is 28.1. The number of nitrogens with zero attached hydrogens (tertiary/aromatic N) is 1. The number of carbonyl (C=O) groups is 2. The van der Waals surface area contributed by atoms with Gasteiger partial charge in [0, 0.05) is 24.3 Å². The van der Waals surface area contributed by atoms with Gasteiger partial charge in [-0.05, 0) is 60.7 Å². The lowest BCUT2D eigenvalue weighted by Gasteiger charge is -2.25. The molecule has 0 saturated heterocycles. The van der Waals surface area contributed by atoms with Gasteiger partial charge in [0.15, 0.2) is 0 Å². The molecule has 31 heavy (non-hydrogen) atoms. The van der Waals surface area contributed by atoms with Gasteiger partial charge in [0.05, 0.1) is 0 Å². The number of para-hydroxylation sites is 1. The molecule has 1 atom stereocenters. The van der Waals surface area contributed by atoms with Crippen molar-refractivity contribution in [3.05, 3.63) is 95.1 Å². The number of hydrogen-bond donors (Lipinski definition) is 2. The average Bonchev–Trinajstić information content (AvgIpc) is 3.17. The van der Waals surface area contributed by atoms with E-state index in [9.17, 15) is 9.59 Å². The fraction of sp³-hybridized carbons (Fsp3) is 0.231. The van der Waals surface area contributed by atoms with E-state index in [0.29, 0.717) is 18.7 Å². The molecule has 1 heterocycles. The first kappa shape index (κ1) is 20.7. The summed E-state index contributed by atoms with van der Waals surface area (Å²) in [6.07, 6.45) is 1.26. The molecule has 5 heteroatoms. The predicted molar refractivity (Wildman–Crippen MR) is 125 cm³/mol. The minimum atomic E-state index is -0.667. The number of hydrogen-bond acceptors (Lipinski definition) is 2. The van der Waals surface area contributed by atoms with E-state index in [2.05, 4.69) is 22.8 Å². The highest BCUT2D eigenvalue weighted by molar-refractivity contribution is 6.02. The zero-order valence-electron chi connectivity index (χ0n) is 17.9. The number of rotatable bonds is 5. The maximum atomic E-state index is 13.5. The SMILES string of the molecule is Cc1cc(C)cc(NC(=O)N[C@@H](Cc2ccccc2)C(=O)N2CCc3ccccc32)c1. The van der Waals surface area contributed by atoms with Crippen LogP contribution in [-0.2, 0) is 17.6 Å². The summed E-state index contributed by atoms with van der Waals surface area (Å²) >= 11 is 0. The number of aryl methyl sites for hydroxylation is 2. The Hall–Kier alpha value is -3.60. The van der Waals surface area contributed by atoms with Crippen LogP contribution < -0.4 is 15.5 Å². The van der Waals surface area contributed by atoms with Crippen molar-refractivity contribution in [2.75, 3.05) is 16.8 Å². The molecule has 3 aromatic rings. The van der Waals surface area contributed by atoms with Crippen molar-refractivity contribution >= 4 is 23.3 Å². The molecule has 1 aliphatic heterocycles. The molecule has 158 valence electrons. The smallest absolute Gasteiger partial charge is 0.319 e. The zero-order chi connectivity index (χ0) is 21.8. The van der Waals surface area contributed by atoms with E-state index in [1.807, 2.05) is 74.5 Å². The lowest BCUT2D eigenvalue weighted by atomic mass is 10.0. The van der Waals surface area contributed by atoms with Gasteiger partial charge in [-0.2, -0.15) is 0 Å². The molecule has 0 bridgehead atoms. The Kier molecular flexibility index (Phi) is 6.03. The molecular formula is C26H27N3O2. The first-order valence-electron chi connectivity index (χ1n) is 10.6. The van der Waals surface area contributed by atoms with Gasteiger partial charge in [-0.15, -0.1) is 0 Å². The zero-order valence-corrected chi connectivity index (χ0v) is 17.9. The summed E-state index contributed by atoms with van der Waals surface area (Å²) in [5.74, 6) is -0.0932. The van der Waals surface area contributed by atoms with Crippen molar-refractivity contribution in [3.8, 4) is 0 Å². The van der Waals surface area contributed by atoms with E-state index < -0.39 is 6.04 Å². The van der Waals surface area contributed by atoms with Gasteiger partial charge in [-0.25, -0.2) is 4.79 Å². The van der Waals surface area contributed by atoms with Crippen LogP contribution in [0.3, 0.4) is 0 Å². The first-order valence-corrected chi connectivity index (χ1v) is 10.6. The second kappa shape index (κ2) is 9.04. The van der Waals surface area contributed by atoms with E-state index in [0.717, 1.165) is 34.4 Å². The molecular weight excluding hydrogens is 386 g/mol. The Balaban J connectivity index is 1.54. The molecule has 0 fully saturated rings. The van der Waals surface area contributed by atoms with Crippen molar-refractivity contribution in [1.29, 1.82) is 0 Å². The molecule has 0 unspecified atom stereocenters. The molecule has 3 amide bonds. The summed E-state index contributed by atoms with van der Waals surface area (Å²) in [5, 5.41) is 5.80. The highest BCUT2D eigenvalue weighted by Gasteiger charge is 2.31. The lowest BCUT2D eigenvalue weighted by molar-refractivity contribution is -0.120. The van der Waals surface area contributed by atoms with Gasteiger partial charge in [0.2, 0.25) is 5.91 Å².